The largest absolute Gasteiger partial charge is 0.352 e. The van der Waals surface area contributed by atoms with E-state index in [0.29, 0.717) is 28.1 Å². The van der Waals surface area contributed by atoms with Crippen LogP contribution in [0.25, 0.3) is 0 Å². The molecule has 7 heteroatoms. The summed E-state index contributed by atoms with van der Waals surface area (Å²) in [5.41, 5.74) is 0.527. The van der Waals surface area contributed by atoms with Gasteiger partial charge in [0.25, 0.3) is 5.91 Å². The lowest BCUT2D eigenvalue weighted by atomic mass is 9.97. The van der Waals surface area contributed by atoms with E-state index in [1.807, 2.05) is 6.07 Å². The Kier molecular flexibility index (Phi) is 5.53. The second-order valence-electron chi connectivity index (χ2n) is 5.82. The Hall–Kier alpha value is -1.85. The third-order valence-electron chi connectivity index (χ3n) is 4.18. The first-order chi connectivity index (χ1) is 11.6. The average Bonchev–Trinajstić information content (AvgIpc) is 2.63. The number of carbonyl (C=O) groups is 1. The Morgan fingerprint density at radius 3 is 2.54 bits per heavy atom. The molecule has 1 fully saturated rings. The van der Waals surface area contributed by atoms with Crippen molar-refractivity contribution in [3.05, 3.63) is 52.3 Å². The number of nitrogens with one attached hydrogen (secondary N) is 1. The summed E-state index contributed by atoms with van der Waals surface area (Å²) in [6, 6.07) is 6.72. The van der Waals surface area contributed by atoms with Crippen LogP contribution in [0.3, 0.4) is 0 Å². The predicted molar refractivity (Wildman–Crippen MR) is 95.8 cm³/mol. The molecule has 1 aliphatic rings. The second-order valence-corrected chi connectivity index (χ2v) is 6.63. The topological polar surface area (TPSA) is 58.1 Å². The Labute approximate surface area is 151 Å². The number of hydrogen-bond acceptors (Lipinski definition) is 4. The van der Waals surface area contributed by atoms with Crippen molar-refractivity contribution in [3.8, 4) is 0 Å². The minimum Gasteiger partial charge on any atom is -0.352 e. The fraction of sp³-hybridized carbons (Fsp3) is 0.353. The maximum absolute atomic E-state index is 12.2. The van der Waals surface area contributed by atoms with Crippen LogP contribution in [-0.4, -0.2) is 35.5 Å². The number of piperidine rings is 1. The number of anilines is 1. The number of benzene rings is 1. The molecule has 0 unspecified atom stereocenters. The zero-order chi connectivity index (χ0) is 16.9. The zero-order valence-corrected chi connectivity index (χ0v) is 14.6. The molecule has 1 aromatic carbocycles. The molecule has 1 N–H and O–H groups in total. The van der Waals surface area contributed by atoms with Gasteiger partial charge in [-0.2, -0.15) is 0 Å². The van der Waals surface area contributed by atoms with Gasteiger partial charge in [0.2, 0.25) is 5.95 Å². The van der Waals surface area contributed by atoms with Crippen LogP contribution in [-0.2, 0) is 0 Å². The quantitative estimate of drug-likeness (QED) is 0.902. The van der Waals surface area contributed by atoms with Crippen molar-refractivity contribution in [3.63, 3.8) is 0 Å². The van der Waals surface area contributed by atoms with Crippen molar-refractivity contribution in [2.75, 3.05) is 24.5 Å². The molecule has 3 rings (SSSR count). The monoisotopic (exact) mass is 364 g/mol. The average molecular weight is 365 g/mol. The number of rotatable bonds is 4. The van der Waals surface area contributed by atoms with Crippen molar-refractivity contribution >= 4 is 35.1 Å². The molecule has 2 heterocycles. The summed E-state index contributed by atoms with van der Waals surface area (Å²) >= 11 is 11.8. The fourth-order valence-corrected chi connectivity index (χ4v) is 3.07. The summed E-state index contributed by atoms with van der Waals surface area (Å²) < 4.78 is 0. The number of carbonyl (C=O) groups excluding carboxylic acids is 1. The van der Waals surface area contributed by atoms with Crippen molar-refractivity contribution in [2.24, 2.45) is 5.92 Å². The highest BCUT2D eigenvalue weighted by Gasteiger charge is 2.21. The highest BCUT2D eigenvalue weighted by Crippen LogP contribution is 2.23. The summed E-state index contributed by atoms with van der Waals surface area (Å²) in [5, 5.41) is 3.82. The van der Waals surface area contributed by atoms with Gasteiger partial charge in [-0.25, -0.2) is 9.97 Å². The van der Waals surface area contributed by atoms with E-state index < -0.39 is 0 Å². The van der Waals surface area contributed by atoms with Gasteiger partial charge >= 0.3 is 0 Å². The molecule has 2 aromatic rings. The summed E-state index contributed by atoms with van der Waals surface area (Å²) in [4.78, 5) is 22.9. The molecule has 0 radical (unpaired) electrons. The van der Waals surface area contributed by atoms with E-state index in [-0.39, 0.29) is 5.91 Å². The van der Waals surface area contributed by atoms with Crippen LogP contribution in [0, 0.1) is 5.92 Å². The number of aromatic nitrogens is 2. The molecule has 0 atom stereocenters. The maximum Gasteiger partial charge on any atom is 0.251 e. The van der Waals surface area contributed by atoms with E-state index in [1.54, 1.807) is 30.6 Å². The predicted octanol–water partition coefficient (Wildman–Crippen LogP) is 3.43. The molecule has 5 nitrogen and oxygen atoms in total. The molecule has 1 aliphatic heterocycles. The highest BCUT2D eigenvalue weighted by molar-refractivity contribution is 6.42. The summed E-state index contributed by atoms with van der Waals surface area (Å²) in [6.07, 6.45) is 5.51. The fourth-order valence-electron chi connectivity index (χ4n) is 2.77. The van der Waals surface area contributed by atoms with Gasteiger partial charge in [0.15, 0.2) is 0 Å². The van der Waals surface area contributed by atoms with Gasteiger partial charge in [-0.05, 0) is 43.0 Å². The molecule has 0 bridgehead atoms. The second kappa shape index (κ2) is 7.81. The lowest BCUT2D eigenvalue weighted by Gasteiger charge is -2.31. The third kappa shape index (κ3) is 4.16. The van der Waals surface area contributed by atoms with E-state index in [4.69, 9.17) is 23.2 Å². The SMILES string of the molecule is O=C(NCC1CCN(c2ncccn2)CC1)c1ccc(Cl)c(Cl)c1. The van der Waals surface area contributed by atoms with Crippen molar-refractivity contribution < 1.29 is 4.79 Å². The van der Waals surface area contributed by atoms with E-state index in [9.17, 15) is 4.79 Å². The van der Waals surface area contributed by atoms with Gasteiger partial charge in [-0.15, -0.1) is 0 Å². The van der Waals surface area contributed by atoms with Crippen LogP contribution in [0.15, 0.2) is 36.7 Å². The molecular weight excluding hydrogens is 347 g/mol. The van der Waals surface area contributed by atoms with Gasteiger partial charge < -0.3 is 10.2 Å². The van der Waals surface area contributed by atoms with Crippen molar-refractivity contribution in [1.29, 1.82) is 0 Å². The highest BCUT2D eigenvalue weighted by atomic mass is 35.5. The van der Waals surface area contributed by atoms with E-state index in [0.717, 1.165) is 31.9 Å². The van der Waals surface area contributed by atoms with Gasteiger partial charge in [-0.3, -0.25) is 4.79 Å². The first-order valence-corrected chi connectivity index (χ1v) is 8.64. The van der Waals surface area contributed by atoms with E-state index in [1.165, 1.54) is 0 Å². The first kappa shape index (κ1) is 17.0. The molecule has 24 heavy (non-hydrogen) atoms. The van der Waals surface area contributed by atoms with Gasteiger partial charge in [0.05, 0.1) is 10.0 Å². The van der Waals surface area contributed by atoms with Gasteiger partial charge in [0, 0.05) is 37.6 Å². The summed E-state index contributed by atoms with van der Waals surface area (Å²) in [5.74, 6) is 1.11. The molecule has 0 spiro atoms. The van der Waals surface area contributed by atoms with Gasteiger partial charge in [0.1, 0.15) is 0 Å². The Bertz CT molecular complexity index is 703. The maximum atomic E-state index is 12.2. The van der Waals surface area contributed by atoms with Crippen LogP contribution >= 0.6 is 23.2 Å². The summed E-state index contributed by atoms with van der Waals surface area (Å²) in [6.45, 7) is 2.46. The van der Waals surface area contributed by atoms with E-state index in [2.05, 4.69) is 20.2 Å². The third-order valence-corrected chi connectivity index (χ3v) is 4.92. The van der Waals surface area contributed by atoms with Crippen LogP contribution in [0.2, 0.25) is 10.0 Å². The van der Waals surface area contributed by atoms with Crippen LogP contribution in [0.1, 0.15) is 23.2 Å². The molecule has 0 saturated carbocycles. The minimum absolute atomic E-state index is 0.123. The van der Waals surface area contributed by atoms with E-state index >= 15 is 0 Å². The Morgan fingerprint density at radius 2 is 1.88 bits per heavy atom. The summed E-state index contributed by atoms with van der Waals surface area (Å²) in [7, 11) is 0. The molecule has 1 saturated heterocycles. The standard InChI is InChI=1S/C17H18Cl2N4O/c18-14-3-2-13(10-15(14)19)16(24)22-11-12-4-8-23(9-5-12)17-20-6-1-7-21-17/h1-3,6-7,10,12H,4-5,8-9,11H2,(H,22,24). The van der Waals surface area contributed by atoms with Crippen LogP contribution in [0.5, 0.6) is 0 Å². The van der Waals surface area contributed by atoms with Crippen LogP contribution in [0.4, 0.5) is 5.95 Å². The van der Waals surface area contributed by atoms with Crippen molar-refractivity contribution in [2.45, 2.75) is 12.8 Å². The number of halogens is 2. The Balaban J connectivity index is 1.48. The number of amides is 1. The lowest BCUT2D eigenvalue weighted by molar-refractivity contribution is 0.0945. The number of nitrogens with zero attached hydrogens (tertiary/aromatic N) is 3. The minimum atomic E-state index is -0.123. The lowest BCUT2D eigenvalue weighted by Crippen LogP contribution is -2.39. The number of hydrogen-bond donors (Lipinski definition) is 1. The molecular formula is C17H18Cl2N4O. The smallest absolute Gasteiger partial charge is 0.251 e. The van der Waals surface area contributed by atoms with Crippen LogP contribution < -0.4 is 10.2 Å². The Morgan fingerprint density at radius 1 is 1.17 bits per heavy atom. The van der Waals surface area contributed by atoms with Gasteiger partial charge in [-0.1, -0.05) is 23.2 Å². The normalized spacial score (nSPS) is 15.3. The zero-order valence-electron chi connectivity index (χ0n) is 13.1. The molecule has 1 amide bonds. The molecule has 0 aliphatic carbocycles. The van der Waals surface area contributed by atoms with Crippen molar-refractivity contribution in [1.82, 2.24) is 15.3 Å². The first-order valence-electron chi connectivity index (χ1n) is 7.88. The molecule has 1 aromatic heterocycles. The molecule has 126 valence electrons.